The van der Waals surface area contributed by atoms with Crippen LogP contribution in [-0.4, -0.2) is 63.5 Å². The van der Waals surface area contributed by atoms with Crippen molar-refractivity contribution in [2.24, 2.45) is 11.8 Å². The minimum Gasteiger partial charge on any atom is -0.381 e. The summed E-state index contributed by atoms with van der Waals surface area (Å²) in [5, 5.41) is 6.48. The molecule has 12 heteroatoms. The van der Waals surface area contributed by atoms with E-state index in [4.69, 9.17) is 5.73 Å². The lowest BCUT2D eigenvalue weighted by molar-refractivity contribution is -0.0592. The molecule has 2 bridgehead atoms. The third kappa shape index (κ3) is 3.99. The van der Waals surface area contributed by atoms with Gasteiger partial charge in [0.15, 0.2) is 21.3 Å². The van der Waals surface area contributed by atoms with Crippen molar-refractivity contribution in [3.05, 3.63) is 41.3 Å². The molecule has 4 fully saturated rings. The van der Waals surface area contributed by atoms with Crippen molar-refractivity contribution >= 4 is 33.1 Å². The molecule has 0 saturated heterocycles. The fourth-order valence-electron chi connectivity index (χ4n) is 6.80. The number of fused-ring (bicyclic) bond motifs is 2. The Bertz CT molecular complexity index is 1690. The summed E-state index contributed by atoms with van der Waals surface area (Å²) in [5.41, 5.74) is 8.88. The third-order valence-corrected chi connectivity index (χ3v) is 10.3. The lowest BCUT2D eigenvalue weighted by Crippen LogP contribution is -2.70. The van der Waals surface area contributed by atoms with Gasteiger partial charge in [-0.1, -0.05) is 0 Å². The molecule has 4 aliphatic carbocycles. The van der Waals surface area contributed by atoms with Gasteiger partial charge in [-0.05, 0) is 75.5 Å². The SMILES string of the molecule is CC(NC(=O)c1cn2c(-c3cc4c(c(S(C)(=O)=O)c3)C(=O)N([C@@H](C)C3CC3)C4)cnc2c(N)n1)NC12CC(C1)C2. The maximum atomic E-state index is 13.4. The van der Waals surface area contributed by atoms with Gasteiger partial charge in [0, 0.05) is 36.1 Å². The molecule has 4 saturated carbocycles. The minimum absolute atomic E-state index is 0.000978. The minimum atomic E-state index is -3.72. The van der Waals surface area contributed by atoms with Crippen LogP contribution in [0.1, 0.15) is 72.4 Å². The zero-order valence-electron chi connectivity index (χ0n) is 22.8. The maximum Gasteiger partial charge on any atom is 0.272 e. The Morgan fingerprint density at radius 2 is 1.93 bits per heavy atom. The van der Waals surface area contributed by atoms with Crippen LogP contribution in [0.15, 0.2) is 29.4 Å². The van der Waals surface area contributed by atoms with Gasteiger partial charge in [-0.2, -0.15) is 0 Å². The van der Waals surface area contributed by atoms with Gasteiger partial charge in [-0.3, -0.25) is 19.3 Å². The first kappa shape index (κ1) is 25.5. The molecule has 5 aliphatic rings. The maximum absolute atomic E-state index is 13.4. The van der Waals surface area contributed by atoms with Crippen LogP contribution in [0.2, 0.25) is 0 Å². The van der Waals surface area contributed by atoms with Crippen molar-refractivity contribution in [2.45, 2.75) is 75.1 Å². The van der Waals surface area contributed by atoms with Crippen LogP contribution in [0.5, 0.6) is 0 Å². The highest BCUT2D eigenvalue weighted by molar-refractivity contribution is 7.90. The van der Waals surface area contributed by atoms with Crippen molar-refractivity contribution in [1.29, 1.82) is 0 Å². The van der Waals surface area contributed by atoms with E-state index in [-0.39, 0.29) is 51.5 Å². The molecular formula is C28H33N7O4S. The van der Waals surface area contributed by atoms with Crippen LogP contribution in [0.25, 0.3) is 16.9 Å². The van der Waals surface area contributed by atoms with Crippen LogP contribution >= 0.6 is 0 Å². The van der Waals surface area contributed by atoms with E-state index in [1.165, 1.54) is 6.07 Å². The molecule has 3 heterocycles. The van der Waals surface area contributed by atoms with Gasteiger partial charge in [0.1, 0.15) is 5.69 Å². The number of benzene rings is 1. The number of anilines is 1. The monoisotopic (exact) mass is 563 g/mol. The molecule has 1 aromatic carbocycles. The van der Waals surface area contributed by atoms with E-state index in [1.54, 1.807) is 21.7 Å². The lowest BCUT2D eigenvalue weighted by atomic mass is 9.50. The van der Waals surface area contributed by atoms with Crippen LogP contribution in [0.4, 0.5) is 5.82 Å². The number of amides is 2. The highest BCUT2D eigenvalue weighted by Gasteiger charge is 2.56. The molecule has 0 spiro atoms. The first-order valence-corrected chi connectivity index (χ1v) is 15.7. The van der Waals surface area contributed by atoms with Gasteiger partial charge in [0.05, 0.1) is 28.5 Å². The third-order valence-electron chi connectivity index (χ3n) is 9.15. The second-order valence-electron chi connectivity index (χ2n) is 12.2. The number of nitrogen functional groups attached to an aromatic ring is 1. The van der Waals surface area contributed by atoms with Crippen molar-refractivity contribution in [3.63, 3.8) is 0 Å². The summed E-state index contributed by atoms with van der Waals surface area (Å²) in [7, 11) is -3.72. The van der Waals surface area contributed by atoms with E-state index in [1.807, 2.05) is 19.9 Å². The molecule has 4 N–H and O–H groups in total. The normalized spacial score (nSPS) is 24.8. The number of nitrogens with one attached hydrogen (secondary N) is 2. The molecule has 0 radical (unpaired) electrons. The number of sulfone groups is 1. The zero-order valence-corrected chi connectivity index (χ0v) is 23.6. The van der Waals surface area contributed by atoms with Crippen molar-refractivity contribution in [3.8, 4) is 11.3 Å². The topological polar surface area (TPSA) is 152 Å². The van der Waals surface area contributed by atoms with E-state index >= 15 is 0 Å². The zero-order chi connectivity index (χ0) is 28.1. The van der Waals surface area contributed by atoms with E-state index in [0.29, 0.717) is 34.9 Å². The molecule has 40 heavy (non-hydrogen) atoms. The molecule has 2 atom stereocenters. The molecular weight excluding hydrogens is 530 g/mol. The van der Waals surface area contributed by atoms with Gasteiger partial charge in [0.2, 0.25) is 0 Å². The standard InChI is InChI=1S/C28H33N7O4S/c1-14(17-4-5-17)34-12-19-6-18(7-22(40(3,38)39)23(19)27(34)37)21-11-30-25-24(29)32-20(13-35(21)25)26(36)31-15(2)33-28-8-16(9-28)10-28/h6-7,11,13-17,33H,4-5,8-10,12H2,1-3H3,(H2,29,32)(H,31,36)/t14-,15?,16?,28?/m0/s1. The number of nitrogens with two attached hydrogens (primary N) is 1. The molecule has 210 valence electrons. The summed E-state index contributed by atoms with van der Waals surface area (Å²) in [5.74, 6) is 0.747. The Morgan fingerprint density at radius 1 is 1.20 bits per heavy atom. The fourth-order valence-corrected chi connectivity index (χ4v) is 7.73. The number of nitrogens with zero attached hydrogens (tertiary/aromatic N) is 4. The lowest BCUT2D eigenvalue weighted by Gasteiger charge is -2.63. The van der Waals surface area contributed by atoms with E-state index < -0.39 is 9.84 Å². The summed E-state index contributed by atoms with van der Waals surface area (Å²) in [6.45, 7) is 4.29. The largest absolute Gasteiger partial charge is 0.381 e. The average Bonchev–Trinajstić information content (AvgIpc) is 3.52. The number of rotatable bonds is 8. The molecule has 8 rings (SSSR count). The van der Waals surface area contributed by atoms with Gasteiger partial charge in [-0.15, -0.1) is 0 Å². The Balaban J connectivity index is 1.24. The summed E-state index contributed by atoms with van der Waals surface area (Å²) in [6.07, 6.45) is 9.65. The van der Waals surface area contributed by atoms with Gasteiger partial charge in [0.25, 0.3) is 11.8 Å². The number of imidazole rings is 1. The van der Waals surface area contributed by atoms with Gasteiger partial charge >= 0.3 is 0 Å². The predicted molar refractivity (Wildman–Crippen MR) is 148 cm³/mol. The van der Waals surface area contributed by atoms with Crippen LogP contribution in [0.3, 0.4) is 0 Å². The van der Waals surface area contributed by atoms with Crippen LogP contribution in [-0.2, 0) is 16.4 Å². The van der Waals surface area contributed by atoms with Crippen LogP contribution < -0.4 is 16.4 Å². The molecule has 2 aromatic heterocycles. The summed E-state index contributed by atoms with van der Waals surface area (Å²) in [4.78, 5) is 37.0. The number of carbonyl (C=O) groups is 2. The number of aromatic nitrogens is 3. The molecule has 2 amide bonds. The van der Waals surface area contributed by atoms with Crippen molar-refractivity contribution < 1.29 is 18.0 Å². The second-order valence-corrected chi connectivity index (χ2v) is 14.2. The van der Waals surface area contributed by atoms with E-state index in [2.05, 4.69) is 20.6 Å². The quantitative estimate of drug-likeness (QED) is 0.353. The highest BCUT2D eigenvalue weighted by Crippen LogP contribution is 2.57. The molecule has 1 aliphatic heterocycles. The molecule has 3 aromatic rings. The smallest absolute Gasteiger partial charge is 0.272 e. The van der Waals surface area contributed by atoms with Gasteiger partial charge < -0.3 is 16.0 Å². The second kappa shape index (κ2) is 8.50. The fraction of sp³-hybridized carbons (Fsp3) is 0.500. The van der Waals surface area contributed by atoms with Crippen molar-refractivity contribution in [2.75, 3.05) is 12.0 Å². The van der Waals surface area contributed by atoms with Crippen LogP contribution in [0, 0.1) is 11.8 Å². The number of hydrogen-bond acceptors (Lipinski definition) is 8. The summed E-state index contributed by atoms with van der Waals surface area (Å²) in [6, 6.07) is 3.41. The molecule has 11 nitrogen and oxygen atoms in total. The Hall–Kier alpha value is -3.51. The van der Waals surface area contributed by atoms with E-state index in [9.17, 15) is 18.0 Å². The number of carbonyl (C=O) groups excluding carboxylic acids is 2. The number of hydrogen-bond donors (Lipinski definition) is 3. The summed E-state index contributed by atoms with van der Waals surface area (Å²) < 4.78 is 27.4. The predicted octanol–water partition coefficient (Wildman–Crippen LogP) is 2.35. The van der Waals surface area contributed by atoms with E-state index in [0.717, 1.165) is 44.3 Å². The van der Waals surface area contributed by atoms with Crippen molar-refractivity contribution in [1.82, 2.24) is 29.9 Å². The Labute approximate surface area is 232 Å². The highest BCUT2D eigenvalue weighted by atomic mass is 32.2. The first-order chi connectivity index (χ1) is 18.9. The molecule has 1 unspecified atom stereocenters. The first-order valence-electron chi connectivity index (χ1n) is 13.8. The Kier molecular flexibility index (Phi) is 5.41. The van der Waals surface area contributed by atoms with Gasteiger partial charge in [-0.25, -0.2) is 18.4 Å². The Morgan fingerprint density at radius 3 is 2.55 bits per heavy atom. The summed E-state index contributed by atoms with van der Waals surface area (Å²) >= 11 is 0. The average molecular weight is 564 g/mol.